The first-order valence-corrected chi connectivity index (χ1v) is 7.10. The molecule has 0 aromatic carbocycles. The first-order valence-electron chi connectivity index (χ1n) is 7.10. The molecule has 0 radical (unpaired) electrons. The van der Waals surface area contributed by atoms with E-state index in [2.05, 4.69) is 48.0 Å². The third-order valence-corrected chi connectivity index (χ3v) is 2.66. The number of hydrogen-bond acceptors (Lipinski definition) is 6. The van der Waals surface area contributed by atoms with Crippen molar-refractivity contribution in [2.24, 2.45) is 11.8 Å². The molecule has 1 aromatic heterocycles. The summed E-state index contributed by atoms with van der Waals surface area (Å²) >= 11 is 0. The summed E-state index contributed by atoms with van der Waals surface area (Å²) in [6.07, 6.45) is 1.56. The molecule has 0 aliphatic rings. The Morgan fingerprint density at radius 1 is 1.10 bits per heavy atom. The van der Waals surface area contributed by atoms with E-state index in [1.165, 1.54) is 0 Å². The molecule has 1 rings (SSSR count). The van der Waals surface area contributed by atoms with Crippen molar-refractivity contribution < 1.29 is 0 Å². The average Bonchev–Trinajstić information content (AvgIpc) is 2.29. The highest BCUT2D eigenvalue weighted by Gasteiger charge is 2.17. The fourth-order valence-electron chi connectivity index (χ4n) is 2.07. The van der Waals surface area contributed by atoms with E-state index in [0.29, 0.717) is 23.3 Å². The Morgan fingerprint density at radius 3 is 2.10 bits per heavy atom. The Hall–Kier alpha value is -1.56. The second-order valence-corrected chi connectivity index (χ2v) is 6.16. The number of nitrogens with one attached hydrogen (secondary N) is 1. The maximum absolute atomic E-state index is 6.23. The molecule has 6 nitrogen and oxygen atoms in total. The van der Waals surface area contributed by atoms with Gasteiger partial charge in [-0.15, -0.1) is 0 Å². The van der Waals surface area contributed by atoms with Gasteiger partial charge in [0.05, 0.1) is 0 Å². The van der Waals surface area contributed by atoms with Gasteiger partial charge in [0.25, 0.3) is 0 Å². The summed E-state index contributed by atoms with van der Waals surface area (Å²) in [4.78, 5) is 10.8. The lowest BCUT2D eigenvalue weighted by Gasteiger charge is -2.29. The quantitative estimate of drug-likeness (QED) is 0.745. The van der Waals surface area contributed by atoms with Crippen molar-refractivity contribution in [3.05, 3.63) is 6.33 Å². The first-order chi connectivity index (χ1) is 9.31. The van der Waals surface area contributed by atoms with Crippen molar-refractivity contribution in [1.29, 1.82) is 0 Å². The molecule has 0 bridgehead atoms. The maximum atomic E-state index is 6.23. The van der Waals surface area contributed by atoms with Crippen LogP contribution in [0.25, 0.3) is 0 Å². The molecule has 1 aromatic rings. The van der Waals surface area contributed by atoms with Gasteiger partial charge in [0.2, 0.25) is 0 Å². The highest BCUT2D eigenvalue weighted by Crippen LogP contribution is 2.27. The lowest BCUT2D eigenvalue weighted by molar-refractivity contribution is 0.492. The van der Waals surface area contributed by atoms with Crippen LogP contribution in [0.15, 0.2) is 6.33 Å². The van der Waals surface area contributed by atoms with E-state index in [0.717, 1.165) is 18.9 Å². The zero-order valence-electron chi connectivity index (χ0n) is 13.5. The molecular weight excluding hydrogens is 252 g/mol. The molecule has 0 unspecified atom stereocenters. The second kappa shape index (κ2) is 7.28. The molecule has 0 spiro atoms. The summed E-state index contributed by atoms with van der Waals surface area (Å²) in [5.74, 6) is 2.56. The van der Waals surface area contributed by atoms with Crippen LogP contribution in [0.2, 0.25) is 0 Å². The van der Waals surface area contributed by atoms with E-state index < -0.39 is 0 Å². The molecule has 0 saturated carbocycles. The Bertz CT molecular complexity index is 406. The minimum atomic E-state index is 0.549. The lowest BCUT2D eigenvalue weighted by atomic mass is 10.1. The minimum absolute atomic E-state index is 0.549. The van der Waals surface area contributed by atoms with E-state index in [1.807, 2.05) is 19.1 Å². The van der Waals surface area contributed by atoms with Crippen LogP contribution in [-0.4, -0.2) is 42.2 Å². The van der Waals surface area contributed by atoms with Crippen LogP contribution in [0, 0.1) is 11.8 Å². The Kier molecular flexibility index (Phi) is 6.01. The van der Waals surface area contributed by atoms with Crippen molar-refractivity contribution >= 4 is 17.3 Å². The molecule has 3 N–H and O–H groups in total. The molecule has 0 aliphatic carbocycles. The SMILES string of the molecule is CC(C)CN(CC(C)C)c1ncnc(NN(C)C)c1N. The van der Waals surface area contributed by atoms with Gasteiger partial charge in [-0.05, 0) is 11.8 Å². The zero-order valence-corrected chi connectivity index (χ0v) is 13.5. The van der Waals surface area contributed by atoms with E-state index >= 15 is 0 Å². The van der Waals surface area contributed by atoms with Gasteiger partial charge in [0, 0.05) is 27.2 Å². The molecule has 6 heteroatoms. The molecule has 0 saturated heterocycles. The van der Waals surface area contributed by atoms with E-state index in [1.54, 1.807) is 6.33 Å². The molecule has 20 heavy (non-hydrogen) atoms. The Morgan fingerprint density at radius 2 is 1.65 bits per heavy atom. The average molecular weight is 280 g/mol. The van der Waals surface area contributed by atoms with Gasteiger partial charge in [-0.25, -0.2) is 15.0 Å². The summed E-state index contributed by atoms with van der Waals surface area (Å²) in [5.41, 5.74) is 9.93. The van der Waals surface area contributed by atoms with Gasteiger partial charge < -0.3 is 16.1 Å². The van der Waals surface area contributed by atoms with Gasteiger partial charge in [-0.2, -0.15) is 0 Å². The summed E-state index contributed by atoms with van der Waals surface area (Å²) < 4.78 is 0. The largest absolute Gasteiger partial charge is 0.393 e. The number of nitrogen functional groups attached to an aromatic ring is 1. The van der Waals surface area contributed by atoms with Gasteiger partial charge in [0.1, 0.15) is 12.0 Å². The fourth-order valence-corrected chi connectivity index (χ4v) is 2.07. The van der Waals surface area contributed by atoms with Crippen LogP contribution in [0.4, 0.5) is 17.3 Å². The van der Waals surface area contributed by atoms with E-state index in [-0.39, 0.29) is 0 Å². The van der Waals surface area contributed by atoms with Gasteiger partial charge in [-0.3, -0.25) is 0 Å². The maximum Gasteiger partial charge on any atom is 0.169 e. The van der Waals surface area contributed by atoms with Gasteiger partial charge >= 0.3 is 0 Å². The summed E-state index contributed by atoms with van der Waals surface area (Å²) in [6, 6.07) is 0. The van der Waals surface area contributed by atoms with Crippen molar-refractivity contribution in [3.8, 4) is 0 Å². The lowest BCUT2D eigenvalue weighted by Crippen LogP contribution is -2.33. The smallest absolute Gasteiger partial charge is 0.169 e. The predicted octanol–water partition coefficient (Wildman–Crippen LogP) is 2.07. The number of hydrogen-bond donors (Lipinski definition) is 2. The molecule has 0 atom stereocenters. The highest BCUT2D eigenvalue weighted by molar-refractivity contribution is 5.74. The van der Waals surface area contributed by atoms with Crippen LogP contribution >= 0.6 is 0 Å². The van der Waals surface area contributed by atoms with E-state index in [9.17, 15) is 0 Å². The molecule has 0 amide bonds. The van der Waals surface area contributed by atoms with Crippen molar-refractivity contribution in [3.63, 3.8) is 0 Å². The third kappa shape index (κ3) is 4.85. The number of aromatic nitrogens is 2. The topological polar surface area (TPSA) is 70.3 Å². The number of hydrazine groups is 1. The van der Waals surface area contributed by atoms with Crippen molar-refractivity contribution in [1.82, 2.24) is 15.0 Å². The minimum Gasteiger partial charge on any atom is -0.393 e. The van der Waals surface area contributed by atoms with Crippen LogP contribution in [0.5, 0.6) is 0 Å². The van der Waals surface area contributed by atoms with Crippen LogP contribution < -0.4 is 16.1 Å². The van der Waals surface area contributed by atoms with Gasteiger partial charge in [0.15, 0.2) is 11.6 Å². The summed E-state index contributed by atoms with van der Waals surface area (Å²) in [6.45, 7) is 10.7. The van der Waals surface area contributed by atoms with Crippen LogP contribution in [0.1, 0.15) is 27.7 Å². The third-order valence-electron chi connectivity index (χ3n) is 2.66. The van der Waals surface area contributed by atoms with Crippen molar-refractivity contribution in [2.75, 3.05) is 43.2 Å². The molecule has 0 aliphatic heterocycles. The molecule has 1 heterocycles. The van der Waals surface area contributed by atoms with Crippen molar-refractivity contribution in [2.45, 2.75) is 27.7 Å². The Labute approximate surface area is 122 Å². The molecule has 114 valence electrons. The number of rotatable bonds is 7. The fraction of sp³-hybridized carbons (Fsp3) is 0.714. The zero-order chi connectivity index (χ0) is 15.3. The van der Waals surface area contributed by atoms with E-state index in [4.69, 9.17) is 5.73 Å². The Balaban J connectivity index is 3.05. The van der Waals surface area contributed by atoms with Crippen LogP contribution in [0.3, 0.4) is 0 Å². The molecule has 0 fully saturated rings. The number of anilines is 3. The standard InChI is InChI=1S/C14H28N6/c1-10(2)7-20(8-11(3)4)14-12(15)13(16-9-17-14)18-19(5)6/h9-11H,7-8,15H2,1-6H3,(H,16,17,18). The summed E-state index contributed by atoms with van der Waals surface area (Å²) in [7, 11) is 3.81. The first kappa shape index (κ1) is 16.5. The monoisotopic (exact) mass is 280 g/mol. The number of nitrogens with zero attached hydrogens (tertiary/aromatic N) is 4. The predicted molar refractivity (Wildman–Crippen MR) is 85.6 cm³/mol. The highest BCUT2D eigenvalue weighted by atomic mass is 15.5. The summed E-state index contributed by atoms with van der Waals surface area (Å²) in [5, 5.41) is 1.82. The number of nitrogens with two attached hydrogens (primary N) is 1. The molecular formula is C14H28N6. The normalized spacial score (nSPS) is 11.4. The van der Waals surface area contributed by atoms with Crippen LogP contribution in [-0.2, 0) is 0 Å². The van der Waals surface area contributed by atoms with Gasteiger partial charge in [-0.1, -0.05) is 27.7 Å². The second-order valence-electron chi connectivity index (χ2n) is 6.16.